The topological polar surface area (TPSA) is 63.6 Å². The number of aliphatic hydroxyl groups is 1. The van der Waals surface area contributed by atoms with Gasteiger partial charge in [-0.25, -0.2) is 4.79 Å². The van der Waals surface area contributed by atoms with Crippen molar-refractivity contribution >= 4 is 12.3 Å². The fourth-order valence-corrected chi connectivity index (χ4v) is 0.468. The summed E-state index contributed by atoms with van der Waals surface area (Å²) < 4.78 is 4.60. The number of hydrogen-bond acceptors (Lipinski definition) is 4. The first-order valence-electron chi connectivity index (χ1n) is 3.82. The Bertz CT molecular complexity index is 174. The normalized spacial score (nSPS) is 17.7. The van der Waals surface area contributed by atoms with Crippen molar-refractivity contribution in [1.29, 1.82) is 0 Å². The van der Waals surface area contributed by atoms with Crippen molar-refractivity contribution in [2.24, 2.45) is 0 Å². The number of esters is 1. The minimum absolute atomic E-state index is 0.261. The van der Waals surface area contributed by atoms with Crippen LogP contribution in [0.5, 0.6) is 0 Å². The number of rotatable bonds is 4. The Kier molecular flexibility index (Phi) is 3.89. The summed E-state index contributed by atoms with van der Waals surface area (Å²) in [4.78, 5) is 21.1. The van der Waals surface area contributed by atoms with Crippen LogP contribution >= 0.6 is 0 Å². The summed E-state index contributed by atoms with van der Waals surface area (Å²) in [6.45, 7) is 4.45. The average Bonchev–Trinajstić information content (AvgIpc) is 2.04. The van der Waals surface area contributed by atoms with E-state index < -0.39 is 17.7 Å². The fraction of sp³-hybridized carbons (Fsp3) is 0.750. The molecule has 0 amide bonds. The van der Waals surface area contributed by atoms with E-state index in [-0.39, 0.29) is 6.42 Å². The van der Waals surface area contributed by atoms with Gasteiger partial charge >= 0.3 is 5.97 Å². The quantitative estimate of drug-likeness (QED) is 0.491. The lowest BCUT2D eigenvalue weighted by Crippen LogP contribution is -2.38. The van der Waals surface area contributed by atoms with Crippen molar-refractivity contribution in [2.45, 2.75) is 38.9 Å². The summed E-state index contributed by atoms with van der Waals surface area (Å²) in [5, 5.41) is 9.35. The summed E-state index contributed by atoms with van der Waals surface area (Å²) >= 11 is 0. The van der Waals surface area contributed by atoms with Crippen molar-refractivity contribution in [3.05, 3.63) is 0 Å². The first kappa shape index (κ1) is 11.1. The zero-order chi connectivity index (χ0) is 9.78. The Balaban J connectivity index is 4.12. The second-order valence-corrected chi connectivity index (χ2v) is 2.87. The average molecular weight is 174 g/mol. The minimum Gasteiger partial charge on any atom is -0.453 e. The molecule has 0 spiro atoms. The highest BCUT2D eigenvalue weighted by Crippen LogP contribution is 2.11. The molecule has 4 nitrogen and oxygen atoms in total. The molecule has 0 heterocycles. The molecule has 0 aliphatic rings. The van der Waals surface area contributed by atoms with Crippen molar-refractivity contribution in [1.82, 2.24) is 0 Å². The third-order valence-electron chi connectivity index (χ3n) is 1.61. The highest BCUT2D eigenvalue weighted by atomic mass is 16.6. The lowest BCUT2D eigenvalue weighted by Gasteiger charge is -2.20. The molecular formula is C8H14O4. The standard InChI is InChI=1S/C8H14O4/c1-4-8(3,11)7(10)12-6(2)5-9/h5-6,11H,4H2,1-3H3. The van der Waals surface area contributed by atoms with Crippen molar-refractivity contribution < 1.29 is 19.4 Å². The van der Waals surface area contributed by atoms with Gasteiger partial charge < -0.3 is 9.84 Å². The lowest BCUT2D eigenvalue weighted by atomic mass is 10.0. The van der Waals surface area contributed by atoms with Crippen LogP contribution in [0.25, 0.3) is 0 Å². The van der Waals surface area contributed by atoms with Crippen LogP contribution in [0.1, 0.15) is 27.2 Å². The molecule has 0 aromatic heterocycles. The number of aldehydes is 1. The SMILES string of the molecule is CCC(C)(O)C(=O)OC(C)C=O. The second-order valence-electron chi connectivity index (χ2n) is 2.87. The van der Waals surface area contributed by atoms with Gasteiger partial charge in [0.2, 0.25) is 0 Å². The fourth-order valence-electron chi connectivity index (χ4n) is 0.468. The van der Waals surface area contributed by atoms with Crippen molar-refractivity contribution in [3.8, 4) is 0 Å². The first-order valence-corrected chi connectivity index (χ1v) is 3.82. The van der Waals surface area contributed by atoms with Gasteiger partial charge in [-0.3, -0.25) is 4.79 Å². The molecule has 2 atom stereocenters. The van der Waals surface area contributed by atoms with Gasteiger partial charge in [0.15, 0.2) is 18.0 Å². The van der Waals surface area contributed by atoms with E-state index in [4.69, 9.17) is 0 Å². The van der Waals surface area contributed by atoms with Gasteiger partial charge in [-0.1, -0.05) is 6.92 Å². The molecule has 0 saturated carbocycles. The number of carbonyl (C=O) groups is 2. The summed E-state index contributed by atoms with van der Waals surface area (Å²) in [6.07, 6.45) is -0.0309. The summed E-state index contributed by atoms with van der Waals surface area (Å²) in [7, 11) is 0. The highest BCUT2D eigenvalue weighted by molar-refractivity contribution is 5.80. The Hall–Kier alpha value is -0.900. The van der Waals surface area contributed by atoms with Gasteiger partial charge in [-0.05, 0) is 20.3 Å². The number of hydrogen-bond donors (Lipinski definition) is 1. The van der Waals surface area contributed by atoms with Crippen LogP contribution in [0.15, 0.2) is 0 Å². The van der Waals surface area contributed by atoms with Crippen LogP contribution in [0.2, 0.25) is 0 Å². The molecule has 0 rings (SSSR count). The number of carbonyl (C=O) groups excluding carboxylic acids is 2. The van der Waals surface area contributed by atoms with E-state index >= 15 is 0 Å². The Morgan fingerprint density at radius 1 is 1.75 bits per heavy atom. The monoisotopic (exact) mass is 174 g/mol. The van der Waals surface area contributed by atoms with E-state index in [0.29, 0.717) is 6.29 Å². The predicted octanol–water partition coefficient (Wildman–Crippen LogP) is 0.278. The zero-order valence-electron chi connectivity index (χ0n) is 7.53. The Labute approximate surface area is 71.5 Å². The summed E-state index contributed by atoms with van der Waals surface area (Å²) in [5.74, 6) is -0.760. The third-order valence-corrected chi connectivity index (χ3v) is 1.61. The van der Waals surface area contributed by atoms with Gasteiger partial charge in [0.1, 0.15) is 0 Å². The van der Waals surface area contributed by atoms with Gasteiger partial charge in [0, 0.05) is 0 Å². The molecule has 12 heavy (non-hydrogen) atoms. The third kappa shape index (κ3) is 3.00. The highest BCUT2D eigenvalue weighted by Gasteiger charge is 2.30. The Morgan fingerprint density at radius 2 is 2.25 bits per heavy atom. The molecule has 0 aliphatic carbocycles. The lowest BCUT2D eigenvalue weighted by molar-refractivity contribution is -0.169. The minimum atomic E-state index is -1.49. The summed E-state index contributed by atoms with van der Waals surface area (Å²) in [5.41, 5.74) is -1.49. The zero-order valence-corrected chi connectivity index (χ0v) is 7.53. The maximum absolute atomic E-state index is 11.0. The van der Waals surface area contributed by atoms with Gasteiger partial charge in [-0.2, -0.15) is 0 Å². The van der Waals surface area contributed by atoms with E-state index in [1.54, 1.807) is 6.92 Å². The molecule has 0 radical (unpaired) electrons. The van der Waals surface area contributed by atoms with Crippen LogP contribution < -0.4 is 0 Å². The Morgan fingerprint density at radius 3 is 2.58 bits per heavy atom. The van der Waals surface area contributed by atoms with Gasteiger partial charge in [0.05, 0.1) is 0 Å². The van der Waals surface area contributed by atoms with E-state index in [1.165, 1.54) is 13.8 Å². The largest absolute Gasteiger partial charge is 0.453 e. The smallest absolute Gasteiger partial charge is 0.338 e. The van der Waals surface area contributed by atoms with Crippen LogP contribution in [-0.4, -0.2) is 29.1 Å². The first-order chi connectivity index (χ1) is 5.44. The molecular weight excluding hydrogens is 160 g/mol. The van der Waals surface area contributed by atoms with Gasteiger partial charge in [-0.15, -0.1) is 0 Å². The molecule has 1 N–H and O–H groups in total. The van der Waals surface area contributed by atoms with Crippen LogP contribution in [0.3, 0.4) is 0 Å². The van der Waals surface area contributed by atoms with Crippen molar-refractivity contribution in [2.75, 3.05) is 0 Å². The maximum atomic E-state index is 11.0. The van der Waals surface area contributed by atoms with E-state index in [1.807, 2.05) is 0 Å². The van der Waals surface area contributed by atoms with Crippen molar-refractivity contribution in [3.63, 3.8) is 0 Å². The van der Waals surface area contributed by atoms with E-state index in [2.05, 4.69) is 4.74 Å². The molecule has 0 aliphatic heterocycles. The molecule has 0 bridgehead atoms. The summed E-state index contributed by atoms with van der Waals surface area (Å²) in [6, 6.07) is 0. The second kappa shape index (κ2) is 4.21. The van der Waals surface area contributed by atoms with Crippen LogP contribution in [0, 0.1) is 0 Å². The van der Waals surface area contributed by atoms with Crippen LogP contribution in [0.4, 0.5) is 0 Å². The molecule has 0 saturated heterocycles. The van der Waals surface area contributed by atoms with E-state index in [9.17, 15) is 14.7 Å². The molecule has 70 valence electrons. The molecule has 0 aromatic carbocycles. The predicted molar refractivity (Wildman–Crippen MR) is 42.5 cm³/mol. The molecule has 0 aromatic rings. The van der Waals surface area contributed by atoms with E-state index in [0.717, 1.165) is 0 Å². The maximum Gasteiger partial charge on any atom is 0.338 e. The molecule has 0 fully saturated rings. The molecule has 4 heteroatoms. The number of ether oxygens (including phenoxy) is 1. The van der Waals surface area contributed by atoms with Crippen LogP contribution in [-0.2, 0) is 14.3 Å². The molecule has 2 unspecified atom stereocenters. The van der Waals surface area contributed by atoms with Gasteiger partial charge in [0.25, 0.3) is 0 Å².